The van der Waals surface area contributed by atoms with Crippen molar-refractivity contribution in [2.45, 2.75) is 156 Å². The van der Waals surface area contributed by atoms with E-state index in [-0.39, 0.29) is 0 Å². The number of rotatable bonds is 28. The minimum absolute atomic E-state index is 0.862. The van der Waals surface area contributed by atoms with Crippen LogP contribution in [0, 0.1) is 11.8 Å². The van der Waals surface area contributed by atoms with E-state index >= 15 is 0 Å². The third-order valence-electron chi connectivity index (χ3n) is 7.59. The second-order valence-corrected chi connectivity index (χ2v) is 13.1. The van der Waals surface area contributed by atoms with Gasteiger partial charge >= 0.3 is 0 Å². The van der Waals surface area contributed by atoms with Gasteiger partial charge in [0, 0.05) is 0 Å². The van der Waals surface area contributed by atoms with Crippen molar-refractivity contribution < 1.29 is 0 Å². The molecule has 0 aliphatic heterocycles. The van der Waals surface area contributed by atoms with Crippen LogP contribution in [-0.2, 0) is 0 Å². The van der Waals surface area contributed by atoms with E-state index in [9.17, 15) is 0 Å². The molecule has 0 nitrogen and oxygen atoms in total. The largest absolute Gasteiger partial charge is 0.118 e. The Bertz CT molecular complexity index is 523. The molecule has 2 heteroatoms. The van der Waals surface area contributed by atoms with Gasteiger partial charge in [0.2, 0.25) is 0 Å². The molecule has 3 unspecified atom stereocenters. The van der Waals surface area contributed by atoms with Gasteiger partial charge in [0.25, 0.3) is 0 Å². The van der Waals surface area contributed by atoms with Gasteiger partial charge in [-0.2, -0.15) is 0 Å². The van der Waals surface area contributed by atoms with Gasteiger partial charge in [0.15, 0.2) is 0 Å². The molecule has 0 aliphatic rings. The van der Waals surface area contributed by atoms with E-state index in [1.165, 1.54) is 152 Å². The fourth-order valence-corrected chi connectivity index (χ4v) is 5.81. The van der Waals surface area contributed by atoms with Gasteiger partial charge in [0.1, 0.15) is 7.28 Å². The third kappa shape index (κ3) is 25.4. The highest BCUT2D eigenvalue weighted by molar-refractivity contribution is 7.38. The Kier molecular flexibility index (Phi) is 27.5. The highest BCUT2D eigenvalue weighted by atomic mass is 31.1. The summed E-state index contributed by atoms with van der Waals surface area (Å²) in [5, 5.41) is 0. The maximum atomic E-state index is 4.44. The van der Waals surface area contributed by atoms with Crippen molar-refractivity contribution in [2.75, 3.05) is 12.3 Å². The molecular formula is C34H65BP. The second-order valence-electron chi connectivity index (χ2n) is 11.5. The predicted octanol–water partition coefficient (Wildman–Crippen LogP) is 12.2. The summed E-state index contributed by atoms with van der Waals surface area (Å²) < 4.78 is 0. The van der Waals surface area contributed by atoms with E-state index in [1.807, 2.05) is 0 Å². The number of allylic oxidation sites excluding steroid dienone is 4. The molecule has 0 bridgehead atoms. The molecule has 0 rings (SSSR count). The molecule has 0 aromatic heterocycles. The second kappa shape index (κ2) is 27.7. The van der Waals surface area contributed by atoms with Gasteiger partial charge in [-0.05, 0) is 69.1 Å². The van der Waals surface area contributed by atoms with Crippen molar-refractivity contribution in [1.82, 2.24) is 0 Å². The van der Waals surface area contributed by atoms with Crippen molar-refractivity contribution in [3.8, 4) is 0 Å². The third-order valence-corrected chi connectivity index (χ3v) is 8.84. The van der Waals surface area contributed by atoms with Crippen molar-refractivity contribution in [3.05, 3.63) is 36.5 Å². The Balaban J connectivity index is 3.98. The van der Waals surface area contributed by atoms with Gasteiger partial charge in [-0.25, -0.2) is 0 Å². The highest BCUT2D eigenvalue weighted by Gasteiger charge is 2.13. The van der Waals surface area contributed by atoms with Crippen LogP contribution in [0.4, 0.5) is 0 Å². The zero-order chi connectivity index (χ0) is 26.7. The topological polar surface area (TPSA) is 0 Å². The van der Waals surface area contributed by atoms with Crippen LogP contribution < -0.4 is 0 Å². The fourth-order valence-electron chi connectivity index (χ4n) is 5.07. The summed E-state index contributed by atoms with van der Waals surface area (Å²) in [6.07, 6.45) is 33.9. The normalized spacial score (nSPS) is 13.6. The Morgan fingerprint density at radius 3 is 2.19 bits per heavy atom. The molecule has 0 aromatic rings. The first-order chi connectivity index (χ1) is 17.5. The monoisotopic (exact) mass is 515 g/mol. The van der Waals surface area contributed by atoms with Crippen LogP contribution in [0.1, 0.15) is 143 Å². The summed E-state index contributed by atoms with van der Waals surface area (Å²) in [6.45, 7) is 18.1. The lowest BCUT2D eigenvalue weighted by Gasteiger charge is -2.21. The van der Waals surface area contributed by atoms with Crippen molar-refractivity contribution in [2.24, 2.45) is 11.8 Å². The quantitative estimate of drug-likeness (QED) is 0.0421. The zero-order valence-electron chi connectivity index (χ0n) is 25.4. The van der Waals surface area contributed by atoms with Gasteiger partial charge in [0.05, 0.1) is 0 Å². The molecule has 3 atom stereocenters. The minimum atomic E-state index is 0.862. The highest BCUT2D eigenvalue weighted by Crippen LogP contribution is 2.28. The molecule has 1 radical (unpaired) electrons. The van der Waals surface area contributed by atoms with Crippen LogP contribution >= 0.6 is 8.58 Å². The Labute approximate surface area is 232 Å². The maximum absolute atomic E-state index is 4.44. The van der Waals surface area contributed by atoms with Crippen LogP contribution in [0.3, 0.4) is 0 Å². The molecule has 0 saturated carbocycles. The Hall–Kier alpha value is -0.285. The molecule has 0 N–H and O–H groups in total. The lowest BCUT2D eigenvalue weighted by Crippen LogP contribution is -2.07. The van der Waals surface area contributed by atoms with Crippen LogP contribution in [0.5, 0.6) is 0 Å². The van der Waals surface area contributed by atoms with Crippen molar-refractivity contribution >= 4 is 15.9 Å². The van der Waals surface area contributed by atoms with E-state index in [2.05, 4.69) is 60.3 Å². The predicted molar refractivity (Wildman–Crippen MR) is 174 cm³/mol. The zero-order valence-corrected chi connectivity index (χ0v) is 26.4. The summed E-state index contributed by atoms with van der Waals surface area (Å²) in [5.41, 5.74) is 2.96. The summed E-state index contributed by atoms with van der Waals surface area (Å²) in [6, 6.07) is 0. The number of hydrogen-bond donors (Lipinski definition) is 0. The lowest BCUT2D eigenvalue weighted by molar-refractivity contribution is 0.366. The van der Waals surface area contributed by atoms with E-state index in [0.29, 0.717) is 0 Å². The van der Waals surface area contributed by atoms with Crippen molar-refractivity contribution in [3.63, 3.8) is 0 Å². The molecule has 0 spiro atoms. The first-order valence-electron chi connectivity index (χ1n) is 16.0. The Morgan fingerprint density at radius 2 is 1.44 bits per heavy atom. The molecule has 36 heavy (non-hydrogen) atoms. The summed E-state index contributed by atoms with van der Waals surface area (Å²) in [7, 11) is 3.63. The van der Waals surface area contributed by atoms with Crippen LogP contribution in [0.15, 0.2) is 36.5 Å². The molecule has 0 heterocycles. The van der Waals surface area contributed by atoms with Gasteiger partial charge in [-0.1, -0.05) is 147 Å². The maximum Gasteiger partial charge on any atom is 0.109 e. The average molecular weight is 516 g/mol. The lowest BCUT2D eigenvalue weighted by atomic mass is 9.67. The van der Waals surface area contributed by atoms with Crippen molar-refractivity contribution in [1.29, 1.82) is 0 Å². The van der Waals surface area contributed by atoms with Crippen LogP contribution in [0.2, 0.25) is 12.6 Å². The van der Waals surface area contributed by atoms with E-state index in [4.69, 9.17) is 0 Å². The fraction of sp³-hybridized carbons (Fsp3) is 0.824. The molecule has 0 fully saturated rings. The summed E-state index contributed by atoms with van der Waals surface area (Å²) in [4.78, 5) is 0. The average Bonchev–Trinajstić information content (AvgIpc) is 2.87. The van der Waals surface area contributed by atoms with E-state index < -0.39 is 0 Å². The van der Waals surface area contributed by atoms with Crippen LogP contribution in [-0.4, -0.2) is 19.6 Å². The molecular weight excluding hydrogens is 450 g/mol. The van der Waals surface area contributed by atoms with Gasteiger partial charge in [-0.15, -0.1) is 8.58 Å². The Morgan fingerprint density at radius 1 is 0.722 bits per heavy atom. The summed E-state index contributed by atoms with van der Waals surface area (Å²) >= 11 is 0. The van der Waals surface area contributed by atoms with Gasteiger partial charge in [-0.3, -0.25) is 0 Å². The minimum Gasteiger partial charge on any atom is -0.118 e. The summed E-state index contributed by atoms with van der Waals surface area (Å²) in [5.74, 6) is 1.76. The SMILES string of the molecule is C=C(CC/C=C\CCCCCC)CCC[B]CCCC(CCC(C)CCCCC)CC(=C)CPCC. The van der Waals surface area contributed by atoms with Crippen LogP contribution in [0.25, 0.3) is 0 Å². The molecule has 209 valence electrons. The molecule has 0 saturated heterocycles. The van der Waals surface area contributed by atoms with Gasteiger partial charge < -0.3 is 0 Å². The molecule has 0 aromatic carbocycles. The smallest absolute Gasteiger partial charge is 0.109 e. The molecule has 0 aliphatic carbocycles. The molecule has 0 amide bonds. The first kappa shape index (κ1) is 35.7. The first-order valence-corrected chi connectivity index (χ1v) is 17.4. The number of hydrogen-bond acceptors (Lipinski definition) is 0. The number of unbranched alkanes of at least 4 members (excludes halogenated alkanes) is 6. The van der Waals surface area contributed by atoms with E-state index in [0.717, 1.165) is 20.4 Å². The van der Waals surface area contributed by atoms with E-state index in [1.54, 1.807) is 0 Å². The standard InChI is InChI=1S/C34H65BP/c1-7-10-12-13-14-15-16-18-22-31(4)23-19-27-35-28-20-24-34(29-33(6)30-36-9-3)26-25-32(5)21-17-11-8-2/h15-16,32,34,36H,4,6-14,17-30H2,1-3,5H3/b16-15-.